The minimum atomic E-state index is -4.92. The van der Waals surface area contributed by atoms with E-state index in [0.29, 0.717) is 5.56 Å². The van der Waals surface area contributed by atoms with Gasteiger partial charge in [-0.15, -0.1) is 0 Å². The van der Waals surface area contributed by atoms with Gasteiger partial charge in [-0.2, -0.15) is 0 Å². The number of amides is 2. The van der Waals surface area contributed by atoms with Crippen LogP contribution < -0.4 is 21.9 Å². The van der Waals surface area contributed by atoms with Gasteiger partial charge in [0, 0.05) is 59.6 Å². The Bertz CT molecular complexity index is 1930. The molecule has 0 saturated carbocycles. The molecule has 2 aromatic carbocycles. The molecule has 3 atom stereocenters. The quantitative estimate of drug-likeness (QED) is 0.0729. The molecule has 3 aromatic rings. The number of nitrogens with one attached hydrogen (secondary N) is 3. The van der Waals surface area contributed by atoms with Crippen molar-refractivity contribution < 1.29 is 47.9 Å². The van der Waals surface area contributed by atoms with E-state index in [9.17, 15) is 38.4 Å². The van der Waals surface area contributed by atoms with Crippen LogP contribution in [0, 0.1) is 0 Å². The van der Waals surface area contributed by atoms with E-state index in [0.717, 1.165) is 22.9 Å². The van der Waals surface area contributed by atoms with Gasteiger partial charge < -0.3 is 30.3 Å². The molecule has 1 aromatic heterocycles. The molecule has 16 nitrogen and oxygen atoms in total. The van der Waals surface area contributed by atoms with Crippen molar-refractivity contribution in [3.05, 3.63) is 109 Å². The summed E-state index contributed by atoms with van der Waals surface area (Å²) in [5.74, 6) is -1.85. The van der Waals surface area contributed by atoms with E-state index in [1.54, 1.807) is 24.3 Å². The maximum atomic E-state index is 12.9. The number of H-pyrrole nitrogens is 1. The third kappa shape index (κ3) is 7.02. The lowest BCUT2D eigenvalue weighted by Crippen LogP contribution is -2.34. The fourth-order valence-corrected chi connectivity index (χ4v) is 5.66. The maximum Gasteiger partial charge on any atom is 0.469 e. The highest BCUT2D eigenvalue weighted by molar-refractivity contribution is 7.46. The average Bonchev–Trinajstić information content (AvgIpc) is 3.41. The molecule has 6 N–H and O–H groups in total. The van der Waals surface area contributed by atoms with Crippen LogP contribution in [0.3, 0.4) is 0 Å². The SMILES string of the molecule is O=C(/C=C/c1cn([C@H]2C[C@H](OP(=O)(O)O)[C@@H](CO)O2)c(=O)[nH]c1=O)NCCNC(=O)c1ccc2c(c1)C(=O)c1ccccc1C2=O. The molecule has 1 fully saturated rings. The molecule has 46 heavy (non-hydrogen) atoms. The Kier molecular flexibility index (Phi) is 9.39. The number of ether oxygens (including phenoxy) is 1. The highest BCUT2D eigenvalue weighted by Gasteiger charge is 2.40. The number of phosphoric ester groups is 1. The Morgan fingerprint density at radius 3 is 2.33 bits per heavy atom. The van der Waals surface area contributed by atoms with Gasteiger partial charge in [0.25, 0.3) is 11.5 Å². The number of aromatic amines is 1. The number of fused-ring (bicyclic) bond motifs is 2. The second-order valence-electron chi connectivity index (χ2n) is 10.3. The number of ketones is 2. The van der Waals surface area contributed by atoms with Gasteiger partial charge in [0.1, 0.15) is 18.4 Å². The Hall–Kier alpha value is -4.83. The van der Waals surface area contributed by atoms with Gasteiger partial charge in [-0.05, 0) is 24.3 Å². The second kappa shape index (κ2) is 13.3. The van der Waals surface area contributed by atoms with Crippen LogP contribution in [0.4, 0.5) is 0 Å². The summed E-state index contributed by atoms with van der Waals surface area (Å²) < 4.78 is 22.3. The molecule has 1 aliphatic carbocycles. The van der Waals surface area contributed by atoms with Crippen LogP contribution >= 0.6 is 7.82 Å². The predicted octanol–water partition coefficient (Wildman–Crippen LogP) is -0.371. The van der Waals surface area contributed by atoms with Crippen LogP contribution in [-0.2, 0) is 18.6 Å². The zero-order valence-corrected chi connectivity index (χ0v) is 24.6. The zero-order valence-electron chi connectivity index (χ0n) is 23.7. The second-order valence-corrected chi connectivity index (χ2v) is 11.5. The molecule has 2 heterocycles. The molecule has 0 unspecified atom stereocenters. The van der Waals surface area contributed by atoms with Crippen molar-refractivity contribution in [2.75, 3.05) is 19.7 Å². The molecule has 2 amide bonds. The first kappa shape index (κ1) is 32.6. The Balaban J connectivity index is 1.16. The fraction of sp³-hybridized carbons (Fsp3) is 0.241. The van der Waals surface area contributed by atoms with Crippen molar-refractivity contribution in [1.82, 2.24) is 20.2 Å². The van der Waals surface area contributed by atoms with Crippen molar-refractivity contribution in [3.8, 4) is 0 Å². The summed E-state index contributed by atoms with van der Waals surface area (Å²) in [5.41, 5.74) is -0.818. The minimum Gasteiger partial charge on any atom is -0.394 e. The van der Waals surface area contributed by atoms with Crippen LogP contribution in [0.2, 0.25) is 0 Å². The van der Waals surface area contributed by atoms with Crippen molar-refractivity contribution in [2.45, 2.75) is 24.9 Å². The van der Waals surface area contributed by atoms with E-state index in [4.69, 9.17) is 14.5 Å². The average molecular weight is 655 g/mol. The highest BCUT2D eigenvalue weighted by atomic mass is 31.2. The third-order valence-electron chi connectivity index (χ3n) is 7.25. The number of carbonyl (C=O) groups is 4. The molecule has 0 spiro atoms. The largest absolute Gasteiger partial charge is 0.469 e. The summed E-state index contributed by atoms with van der Waals surface area (Å²) in [6.45, 7) is -0.671. The van der Waals surface area contributed by atoms with Crippen LogP contribution in [0.5, 0.6) is 0 Å². The summed E-state index contributed by atoms with van der Waals surface area (Å²) in [5, 5.41) is 14.6. The molecule has 1 saturated heterocycles. The van der Waals surface area contributed by atoms with Gasteiger partial charge in [0.2, 0.25) is 5.91 Å². The number of aliphatic hydroxyl groups is 1. The maximum absolute atomic E-state index is 12.9. The Labute approximate surface area is 258 Å². The lowest BCUT2D eigenvalue weighted by Gasteiger charge is -2.18. The van der Waals surface area contributed by atoms with Crippen molar-refractivity contribution >= 4 is 37.3 Å². The topological polar surface area (TPSA) is 243 Å². The summed E-state index contributed by atoms with van der Waals surface area (Å²) >= 11 is 0. The molecule has 0 radical (unpaired) electrons. The Morgan fingerprint density at radius 1 is 1.00 bits per heavy atom. The monoisotopic (exact) mass is 654 g/mol. The molecule has 240 valence electrons. The molecule has 17 heteroatoms. The van der Waals surface area contributed by atoms with Crippen LogP contribution in [-0.4, -0.2) is 79.7 Å². The van der Waals surface area contributed by atoms with Gasteiger partial charge in [0.15, 0.2) is 11.6 Å². The van der Waals surface area contributed by atoms with Crippen molar-refractivity contribution in [3.63, 3.8) is 0 Å². The molecular formula is C29H27N4O12P. The number of hydrogen-bond acceptors (Lipinski definition) is 10. The van der Waals surface area contributed by atoms with E-state index in [-0.39, 0.29) is 58.9 Å². The third-order valence-corrected chi connectivity index (χ3v) is 7.80. The number of hydrogen-bond donors (Lipinski definition) is 6. The molecule has 5 rings (SSSR count). The number of aliphatic hydroxyl groups excluding tert-OH is 1. The zero-order chi connectivity index (χ0) is 33.2. The number of nitrogens with zero attached hydrogens (tertiary/aromatic N) is 1. The minimum absolute atomic E-state index is 0.000434. The first-order chi connectivity index (χ1) is 21.9. The number of benzene rings is 2. The highest BCUT2D eigenvalue weighted by Crippen LogP contribution is 2.43. The fourth-order valence-electron chi connectivity index (χ4n) is 5.08. The standard InChI is InChI=1S/C29H27N4O12P/c34-14-22-21(45-46(41,42)43)12-24(44-22)33-13-16(28(39)32-29(33)40)6-8-23(35)30-9-10-31-27(38)15-5-7-19-20(11-15)26(37)18-4-2-1-3-17(18)25(19)36/h1-8,11,13,21-22,24,34H,9-10,12,14H2,(H,30,35)(H,31,38)(H,32,39,40)(H2,41,42,43)/b8-6+/t21-,22+,24+/m0/s1. The number of rotatable bonds is 10. The Morgan fingerprint density at radius 2 is 1.65 bits per heavy atom. The van der Waals surface area contributed by atoms with E-state index in [1.165, 1.54) is 18.2 Å². The van der Waals surface area contributed by atoms with Gasteiger partial charge in [0.05, 0.1) is 12.2 Å². The van der Waals surface area contributed by atoms with E-state index in [1.807, 2.05) is 0 Å². The van der Waals surface area contributed by atoms with E-state index >= 15 is 0 Å². The van der Waals surface area contributed by atoms with Crippen molar-refractivity contribution in [1.29, 1.82) is 0 Å². The summed E-state index contributed by atoms with van der Waals surface area (Å²) in [6, 6.07) is 10.6. The summed E-state index contributed by atoms with van der Waals surface area (Å²) in [4.78, 5) is 95.6. The van der Waals surface area contributed by atoms with Gasteiger partial charge in [-0.1, -0.05) is 24.3 Å². The number of phosphoric acid groups is 1. The van der Waals surface area contributed by atoms with Gasteiger partial charge >= 0.3 is 13.5 Å². The first-order valence-electron chi connectivity index (χ1n) is 13.8. The lowest BCUT2D eigenvalue weighted by atomic mass is 9.83. The van der Waals surface area contributed by atoms with Crippen LogP contribution in [0.25, 0.3) is 6.08 Å². The molecule has 0 bridgehead atoms. The van der Waals surface area contributed by atoms with Gasteiger partial charge in [-0.25, -0.2) is 9.36 Å². The lowest BCUT2D eigenvalue weighted by molar-refractivity contribution is -0.116. The van der Waals surface area contributed by atoms with Crippen LogP contribution in [0.15, 0.2) is 64.3 Å². The molecule has 1 aliphatic heterocycles. The van der Waals surface area contributed by atoms with Gasteiger partial charge in [-0.3, -0.25) is 38.0 Å². The number of aromatic nitrogens is 2. The summed E-state index contributed by atoms with van der Waals surface area (Å²) in [7, 11) is -4.92. The first-order valence-corrected chi connectivity index (χ1v) is 15.3. The van der Waals surface area contributed by atoms with E-state index < -0.39 is 55.9 Å². The molecular weight excluding hydrogens is 627 g/mol. The smallest absolute Gasteiger partial charge is 0.394 e. The van der Waals surface area contributed by atoms with Crippen molar-refractivity contribution in [2.24, 2.45) is 0 Å². The summed E-state index contributed by atoms with van der Waals surface area (Å²) in [6.07, 6.45) is -0.558. The normalized spacial score (nSPS) is 19.2. The number of carbonyl (C=O) groups excluding carboxylic acids is 4. The van der Waals surface area contributed by atoms with E-state index in [2.05, 4.69) is 20.1 Å². The molecule has 2 aliphatic rings. The van der Waals surface area contributed by atoms with Crippen LogP contribution in [0.1, 0.15) is 60.4 Å². The predicted molar refractivity (Wildman–Crippen MR) is 158 cm³/mol.